The molecule has 15 heavy (non-hydrogen) atoms. The van der Waals surface area contributed by atoms with Crippen molar-refractivity contribution < 1.29 is 0 Å². The first kappa shape index (κ1) is 12.5. The first-order valence-electron chi connectivity index (χ1n) is 5.65. The molecule has 0 saturated carbocycles. The number of alkyl halides is 1. The molecular formula is C13H20ClN. The molecule has 0 radical (unpaired) electrons. The molecule has 0 saturated heterocycles. The average Bonchev–Trinajstić information content (AvgIpc) is 2.26. The van der Waals surface area contributed by atoms with E-state index in [0.717, 1.165) is 12.3 Å². The summed E-state index contributed by atoms with van der Waals surface area (Å²) in [5.74, 6) is 1.14. The maximum absolute atomic E-state index is 6.39. The first-order valence-corrected chi connectivity index (χ1v) is 6.09. The first-order chi connectivity index (χ1) is 7.11. The summed E-state index contributed by atoms with van der Waals surface area (Å²) in [6, 6.07) is 4.10. The maximum atomic E-state index is 6.39. The quantitative estimate of drug-likeness (QED) is 0.684. The molecule has 1 heterocycles. The highest BCUT2D eigenvalue weighted by molar-refractivity contribution is 6.21. The normalized spacial score (nSPS) is 15.3. The maximum Gasteiger partial charge on any atom is 0.0402 e. The molecule has 1 nitrogen and oxygen atoms in total. The Bertz CT molecular complexity index is 271. The van der Waals surface area contributed by atoms with Crippen molar-refractivity contribution in [2.45, 2.75) is 44.9 Å². The van der Waals surface area contributed by atoms with Crippen LogP contribution in [-0.4, -0.2) is 10.4 Å². The van der Waals surface area contributed by atoms with E-state index in [-0.39, 0.29) is 5.38 Å². The Balaban J connectivity index is 2.49. The minimum absolute atomic E-state index is 0.231. The highest BCUT2D eigenvalue weighted by Gasteiger charge is 2.16. The largest absolute Gasteiger partial charge is 0.265 e. The van der Waals surface area contributed by atoms with Crippen molar-refractivity contribution in [2.75, 3.05) is 0 Å². The van der Waals surface area contributed by atoms with Crippen LogP contribution in [0.1, 0.15) is 45.1 Å². The second-order valence-corrected chi connectivity index (χ2v) is 5.12. The zero-order valence-corrected chi connectivity index (χ0v) is 10.5. The highest BCUT2D eigenvalue weighted by Crippen LogP contribution is 2.27. The summed E-state index contributed by atoms with van der Waals surface area (Å²) in [6.07, 6.45) is 5.95. The van der Waals surface area contributed by atoms with Gasteiger partial charge in [0.1, 0.15) is 0 Å². The topological polar surface area (TPSA) is 12.9 Å². The van der Waals surface area contributed by atoms with Gasteiger partial charge in [-0.2, -0.15) is 0 Å². The highest BCUT2D eigenvalue weighted by atomic mass is 35.5. The molecule has 0 aliphatic carbocycles. The third-order valence-corrected chi connectivity index (χ3v) is 3.39. The van der Waals surface area contributed by atoms with Crippen molar-refractivity contribution in [3.05, 3.63) is 30.1 Å². The molecule has 84 valence electrons. The summed E-state index contributed by atoms with van der Waals surface area (Å²) >= 11 is 6.39. The van der Waals surface area contributed by atoms with Crippen LogP contribution in [0.25, 0.3) is 0 Å². The molecule has 1 aromatic heterocycles. The zero-order chi connectivity index (χ0) is 11.3. The molecule has 2 atom stereocenters. The number of aromatic nitrogens is 1. The predicted molar refractivity (Wildman–Crippen MR) is 66.4 cm³/mol. The van der Waals surface area contributed by atoms with Crippen LogP contribution in [0.3, 0.4) is 0 Å². The summed E-state index contributed by atoms with van der Waals surface area (Å²) in [4.78, 5) is 4.02. The Labute approximate surface area is 97.9 Å². The van der Waals surface area contributed by atoms with Crippen LogP contribution in [0, 0.1) is 5.92 Å². The van der Waals surface area contributed by atoms with Crippen molar-refractivity contribution in [1.29, 1.82) is 0 Å². The van der Waals surface area contributed by atoms with E-state index in [1.165, 1.54) is 12.0 Å². The van der Waals surface area contributed by atoms with Gasteiger partial charge in [0.15, 0.2) is 0 Å². The Morgan fingerprint density at radius 2 is 1.73 bits per heavy atom. The van der Waals surface area contributed by atoms with E-state index in [1.807, 2.05) is 12.4 Å². The van der Waals surface area contributed by atoms with E-state index >= 15 is 0 Å². The van der Waals surface area contributed by atoms with Crippen LogP contribution < -0.4 is 0 Å². The van der Waals surface area contributed by atoms with Crippen LogP contribution in [0.2, 0.25) is 0 Å². The van der Waals surface area contributed by atoms with Gasteiger partial charge in [-0.25, -0.2) is 0 Å². The van der Waals surface area contributed by atoms with Gasteiger partial charge >= 0.3 is 0 Å². The van der Waals surface area contributed by atoms with Crippen LogP contribution in [0.5, 0.6) is 0 Å². The van der Waals surface area contributed by atoms with Crippen molar-refractivity contribution in [1.82, 2.24) is 4.98 Å². The van der Waals surface area contributed by atoms with Gasteiger partial charge in [0.2, 0.25) is 0 Å². The molecule has 2 unspecified atom stereocenters. The van der Waals surface area contributed by atoms with Gasteiger partial charge in [-0.3, -0.25) is 4.98 Å². The lowest BCUT2D eigenvalue weighted by Crippen LogP contribution is -2.10. The average molecular weight is 226 g/mol. The van der Waals surface area contributed by atoms with Crippen molar-refractivity contribution >= 4 is 11.6 Å². The van der Waals surface area contributed by atoms with Gasteiger partial charge in [-0.15, -0.1) is 11.6 Å². The summed E-state index contributed by atoms with van der Waals surface area (Å²) in [6.45, 7) is 6.66. The van der Waals surface area contributed by atoms with Gasteiger partial charge < -0.3 is 0 Å². The van der Waals surface area contributed by atoms with Crippen molar-refractivity contribution in [3.8, 4) is 0 Å². The van der Waals surface area contributed by atoms with Crippen molar-refractivity contribution in [2.24, 2.45) is 5.92 Å². The number of rotatable bonds is 5. The van der Waals surface area contributed by atoms with Crippen LogP contribution in [0.4, 0.5) is 0 Å². The number of hydrogen-bond donors (Lipinski definition) is 0. The van der Waals surface area contributed by atoms with E-state index in [9.17, 15) is 0 Å². The molecule has 1 aromatic rings. The van der Waals surface area contributed by atoms with Gasteiger partial charge in [-0.1, -0.05) is 20.8 Å². The second-order valence-electron chi connectivity index (χ2n) is 4.56. The molecule has 0 aliphatic rings. The Kier molecular flexibility index (Phi) is 5.10. The lowest BCUT2D eigenvalue weighted by atomic mass is 9.94. The van der Waals surface area contributed by atoms with Gasteiger partial charge in [0.05, 0.1) is 0 Å². The predicted octanol–water partition coefficient (Wildman–Crippen LogP) is 4.23. The zero-order valence-electron chi connectivity index (χ0n) is 9.78. The monoisotopic (exact) mass is 225 g/mol. The minimum atomic E-state index is 0.231. The molecule has 0 fully saturated rings. The summed E-state index contributed by atoms with van der Waals surface area (Å²) in [7, 11) is 0. The smallest absolute Gasteiger partial charge is 0.0402 e. The fourth-order valence-corrected chi connectivity index (χ4v) is 1.89. The molecule has 0 N–H and O–H groups in total. The summed E-state index contributed by atoms with van der Waals surface area (Å²) in [5, 5.41) is 0.231. The molecule has 2 heteroatoms. The third-order valence-electron chi connectivity index (χ3n) is 2.79. The molecule has 0 amide bonds. The number of halogens is 1. The molecule has 1 rings (SSSR count). The molecular weight excluding hydrogens is 206 g/mol. The van der Waals surface area contributed by atoms with Gasteiger partial charge in [0.25, 0.3) is 0 Å². The SMILES string of the molecule is CC(C)CCC(Cl)C(C)c1ccncc1. The Morgan fingerprint density at radius 1 is 1.13 bits per heavy atom. The van der Waals surface area contributed by atoms with E-state index in [1.54, 1.807) is 0 Å². The minimum Gasteiger partial charge on any atom is -0.265 e. The summed E-state index contributed by atoms with van der Waals surface area (Å²) in [5.41, 5.74) is 1.29. The van der Waals surface area contributed by atoms with Crippen molar-refractivity contribution in [3.63, 3.8) is 0 Å². The van der Waals surface area contributed by atoms with Crippen LogP contribution in [0.15, 0.2) is 24.5 Å². The summed E-state index contributed by atoms with van der Waals surface area (Å²) < 4.78 is 0. The Morgan fingerprint density at radius 3 is 2.27 bits per heavy atom. The molecule has 0 spiro atoms. The number of nitrogens with zero attached hydrogens (tertiary/aromatic N) is 1. The van der Waals surface area contributed by atoms with E-state index in [4.69, 9.17) is 11.6 Å². The van der Waals surface area contributed by atoms with E-state index < -0.39 is 0 Å². The van der Waals surface area contributed by atoms with E-state index in [2.05, 4.69) is 37.9 Å². The van der Waals surface area contributed by atoms with Crippen LogP contribution in [-0.2, 0) is 0 Å². The third kappa shape index (κ3) is 4.21. The van der Waals surface area contributed by atoms with Gasteiger partial charge in [-0.05, 0) is 42.4 Å². The standard InChI is InChI=1S/C13H20ClN/c1-10(2)4-5-13(14)11(3)12-6-8-15-9-7-12/h6-11,13H,4-5H2,1-3H3. The Hall–Kier alpha value is -0.560. The fourth-order valence-electron chi connectivity index (χ4n) is 1.62. The molecule has 0 aromatic carbocycles. The van der Waals surface area contributed by atoms with E-state index in [0.29, 0.717) is 5.92 Å². The van der Waals surface area contributed by atoms with Gasteiger partial charge in [0, 0.05) is 17.8 Å². The fraction of sp³-hybridized carbons (Fsp3) is 0.615. The number of hydrogen-bond acceptors (Lipinski definition) is 1. The molecule has 0 aliphatic heterocycles. The lowest BCUT2D eigenvalue weighted by molar-refractivity contribution is 0.517. The molecule has 0 bridgehead atoms. The second kappa shape index (κ2) is 6.12. The van der Waals surface area contributed by atoms with Crippen LogP contribution >= 0.6 is 11.6 Å². The number of pyridine rings is 1. The lowest BCUT2D eigenvalue weighted by Gasteiger charge is -2.19.